The molecule has 0 aliphatic heterocycles. The molecule has 4 nitrogen and oxygen atoms in total. The van der Waals surface area contributed by atoms with E-state index >= 15 is 0 Å². The Morgan fingerprint density at radius 1 is 0.864 bits per heavy atom. The first-order valence-electron chi connectivity index (χ1n) is 8.50. The molecule has 0 heterocycles. The van der Waals surface area contributed by atoms with Crippen molar-refractivity contribution in [2.24, 2.45) is 0 Å². The van der Waals surface area contributed by atoms with Crippen LogP contribution in [-0.4, -0.2) is 29.4 Å². The van der Waals surface area contributed by atoms with Crippen molar-refractivity contribution in [2.75, 3.05) is 0 Å². The van der Waals surface area contributed by atoms with E-state index in [1.54, 1.807) is 0 Å². The maximum Gasteiger partial charge on any atom is 1.00 e. The average Bonchev–Trinajstić information content (AvgIpc) is 2.41. The van der Waals surface area contributed by atoms with E-state index in [-0.39, 0.29) is 57.5 Å². The molecule has 0 aromatic rings. The van der Waals surface area contributed by atoms with Crippen molar-refractivity contribution in [2.45, 2.75) is 102 Å². The second-order valence-corrected chi connectivity index (χ2v) is 7.94. The maximum absolute atomic E-state index is 10.7. The number of hydrogen-bond acceptors (Lipinski definition) is 4. The van der Waals surface area contributed by atoms with Gasteiger partial charge in [0.1, 0.15) is 0 Å². The second kappa shape index (κ2) is 16.0. The molecule has 0 aliphatic rings. The fourth-order valence-electron chi connectivity index (χ4n) is 2.44. The molecule has 0 amide bonds. The molecular formula is C16H33KO4S. The predicted octanol–water partition coefficient (Wildman–Crippen LogP) is 0.986. The Hall–Kier alpha value is 1.51. The van der Waals surface area contributed by atoms with Crippen molar-refractivity contribution in [3.05, 3.63) is 0 Å². The van der Waals surface area contributed by atoms with E-state index < -0.39 is 15.4 Å². The summed E-state index contributed by atoms with van der Waals surface area (Å²) in [6.45, 7) is 3.67. The van der Waals surface area contributed by atoms with Gasteiger partial charge >= 0.3 is 51.4 Å². The van der Waals surface area contributed by atoms with E-state index in [0.717, 1.165) is 38.5 Å². The molecule has 0 aromatic heterocycles. The summed E-state index contributed by atoms with van der Waals surface area (Å²) < 4.78 is 32.2. The Morgan fingerprint density at radius 2 is 1.27 bits per heavy atom. The molecule has 22 heavy (non-hydrogen) atoms. The number of aliphatic hydroxyl groups excluding tert-OH is 1. The molecule has 0 bridgehead atoms. The van der Waals surface area contributed by atoms with E-state index in [2.05, 4.69) is 6.92 Å². The first-order valence-corrected chi connectivity index (χ1v) is 9.97. The van der Waals surface area contributed by atoms with E-state index in [1.165, 1.54) is 39.0 Å². The van der Waals surface area contributed by atoms with Crippen LogP contribution in [-0.2, 0) is 10.1 Å². The third kappa shape index (κ3) is 16.4. The van der Waals surface area contributed by atoms with Gasteiger partial charge in [0, 0.05) is 5.25 Å². The van der Waals surface area contributed by atoms with Crippen LogP contribution in [0.5, 0.6) is 0 Å². The zero-order valence-electron chi connectivity index (χ0n) is 14.7. The summed E-state index contributed by atoms with van der Waals surface area (Å²) in [6, 6.07) is 0. The zero-order chi connectivity index (χ0) is 16.1. The molecule has 0 radical (unpaired) electrons. The molecule has 0 fully saturated rings. The quantitative estimate of drug-likeness (QED) is 0.285. The SMILES string of the molecule is CCCCCCCCC(O)CCCCCC(C)S(=O)(=O)[O-].[K+]. The van der Waals surface area contributed by atoms with Crippen molar-refractivity contribution in [3.63, 3.8) is 0 Å². The summed E-state index contributed by atoms with van der Waals surface area (Å²) in [4.78, 5) is 0. The smallest absolute Gasteiger partial charge is 0.748 e. The summed E-state index contributed by atoms with van der Waals surface area (Å²) in [7, 11) is -4.13. The van der Waals surface area contributed by atoms with Crippen LogP contribution >= 0.6 is 0 Å². The van der Waals surface area contributed by atoms with E-state index in [0.29, 0.717) is 6.42 Å². The fourth-order valence-corrected chi connectivity index (χ4v) is 2.89. The number of aliphatic hydroxyl groups is 1. The summed E-state index contributed by atoms with van der Waals surface area (Å²) in [6.07, 6.45) is 11.8. The average molecular weight is 361 g/mol. The van der Waals surface area contributed by atoms with Gasteiger partial charge in [-0.2, -0.15) is 0 Å². The summed E-state index contributed by atoms with van der Waals surface area (Å²) in [5.41, 5.74) is 0. The molecule has 0 aromatic carbocycles. The van der Waals surface area contributed by atoms with Crippen molar-refractivity contribution in [1.82, 2.24) is 0 Å². The molecule has 0 rings (SSSR count). The molecule has 0 saturated carbocycles. The van der Waals surface area contributed by atoms with Gasteiger partial charge in [-0.05, 0) is 26.2 Å². The van der Waals surface area contributed by atoms with Gasteiger partial charge in [-0.1, -0.05) is 64.7 Å². The van der Waals surface area contributed by atoms with E-state index in [9.17, 15) is 18.1 Å². The Morgan fingerprint density at radius 3 is 1.77 bits per heavy atom. The summed E-state index contributed by atoms with van der Waals surface area (Å²) >= 11 is 0. The maximum atomic E-state index is 10.7. The third-order valence-electron chi connectivity index (χ3n) is 4.03. The Kier molecular flexibility index (Phi) is 18.7. The largest absolute Gasteiger partial charge is 1.00 e. The third-order valence-corrected chi connectivity index (χ3v) is 5.25. The number of hydrogen-bond donors (Lipinski definition) is 1. The number of rotatable bonds is 14. The molecule has 6 heteroatoms. The van der Waals surface area contributed by atoms with Crippen LogP contribution in [0, 0.1) is 0 Å². The van der Waals surface area contributed by atoms with E-state index in [4.69, 9.17) is 0 Å². The first kappa shape index (κ1) is 25.7. The Balaban J connectivity index is 0. The minimum absolute atomic E-state index is 0. The molecule has 0 saturated heterocycles. The van der Waals surface area contributed by atoms with Crippen LogP contribution in [0.1, 0.15) is 90.9 Å². The van der Waals surface area contributed by atoms with E-state index in [1.807, 2.05) is 0 Å². The normalized spacial score (nSPS) is 14.4. The van der Waals surface area contributed by atoms with Gasteiger partial charge in [-0.25, -0.2) is 8.42 Å². The Labute approximate surface area is 180 Å². The van der Waals surface area contributed by atoms with Crippen LogP contribution in [0.2, 0.25) is 0 Å². The second-order valence-electron chi connectivity index (χ2n) is 6.15. The van der Waals surface area contributed by atoms with Gasteiger partial charge in [0.15, 0.2) is 0 Å². The van der Waals surface area contributed by atoms with Crippen molar-refractivity contribution >= 4 is 10.1 Å². The molecular weight excluding hydrogens is 327 g/mol. The van der Waals surface area contributed by atoms with Crippen LogP contribution in [0.3, 0.4) is 0 Å². The standard InChI is InChI=1S/C16H34O4S.K/c1-3-4-5-6-7-10-13-16(17)14-11-8-9-12-15(2)21(18,19)20;/h15-17H,3-14H2,1-2H3,(H,18,19,20);/q;+1/p-1. The molecule has 2 unspecified atom stereocenters. The zero-order valence-corrected chi connectivity index (χ0v) is 18.7. The number of unbranched alkanes of at least 4 members (excludes halogenated alkanes) is 7. The minimum atomic E-state index is -4.13. The first-order chi connectivity index (χ1) is 9.88. The molecule has 1 N–H and O–H groups in total. The van der Waals surface area contributed by atoms with Gasteiger partial charge < -0.3 is 9.66 Å². The van der Waals surface area contributed by atoms with Gasteiger partial charge in [0.2, 0.25) is 0 Å². The van der Waals surface area contributed by atoms with Crippen molar-refractivity contribution in [1.29, 1.82) is 0 Å². The summed E-state index contributed by atoms with van der Waals surface area (Å²) in [5.74, 6) is 0. The van der Waals surface area contributed by atoms with Gasteiger partial charge in [0.25, 0.3) is 0 Å². The monoisotopic (exact) mass is 360 g/mol. The minimum Gasteiger partial charge on any atom is -0.748 e. The van der Waals surface area contributed by atoms with Crippen molar-refractivity contribution < 1.29 is 69.5 Å². The Bertz CT molecular complexity index is 333. The van der Waals surface area contributed by atoms with Crippen LogP contribution in [0.25, 0.3) is 0 Å². The van der Waals surface area contributed by atoms with Gasteiger partial charge in [-0.15, -0.1) is 0 Å². The summed E-state index contributed by atoms with van der Waals surface area (Å²) in [5, 5.41) is 9.06. The molecule has 2 atom stereocenters. The topological polar surface area (TPSA) is 77.4 Å². The van der Waals surface area contributed by atoms with Crippen LogP contribution < -0.4 is 51.4 Å². The van der Waals surface area contributed by atoms with Gasteiger partial charge in [0.05, 0.1) is 16.2 Å². The molecule has 0 spiro atoms. The van der Waals surface area contributed by atoms with Gasteiger partial charge in [-0.3, -0.25) is 0 Å². The van der Waals surface area contributed by atoms with Crippen LogP contribution in [0.4, 0.5) is 0 Å². The molecule has 128 valence electrons. The van der Waals surface area contributed by atoms with Crippen molar-refractivity contribution in [3.8, 4) is 0 Å². The van der Waals surface area contributed by atoms with Crippen LogP contribution in [0.15, 0.2) is 0 Å². The molecule has 0 aliphatic carbocycles. The fraction of sp³-hybridized carbons (Fsp3) is 1.00. The predicted molar refractivity (Wildman–Crippen MR) is 86.2 cm³/mol.